The zero-order valence-electron chi connectivity index (χ0n) is 15.6. The minimum atomic E-state index is -4.59. The van der Waals surface area contributed by atoms with Crippen LogP contribution in [0.15, 0.2) is 48.5 Å². The lowest BCUT2D eigenvalue weighted by molar-refractivity contribution is -0.136. The van der Waals surface area contributed by atoms with Gasteiger partial charge in [-0.2, -0.15) is 18.3 Å². The number of rotatable bonds is 4. The molecule has 1 aromatic heterocycles. The number of benzene rings is 2. The van der Waals surface area contributed by atoms with Crippen LogP contribution in [0.2, 0.25) is 0 Å². The topological polar surface area (TPSA) is 59.0 Å². The van der Waals surface area contributed by atoms with Gasteiger partial charge in [0.25, 0.3) is 0 Å². The molecule has 0 bridgehead atoms. The van der Waals surface area contributed by atoms with Crippen LogP contribution in [0.5, 0.6) is 0 Å². The van der Waals surface area contributed by atoms with Crippen LogP contribution >= 0.6 is 0 Å². The van der Waals surface area contributed by atoms with Crippen LogP contribution in [0.3, 0.4) is 0 Å². The van der Waals surface area contributed by atoms with Crippen molar-refractivity contribution in [3.05, 3.63) is 76.9 Å². The van der Waals surface area contributed by atoms with E-state index in [4.69, 9.17) is 0 Å². The molecule has 1 heterocycles. The predicted molar refractivity (Wildman–Crippen MR) is 101 cm³/mol. The molecule has 29 heavy (non-hydrogen) atoms. The van der Waals surface area contributed by atoms with E-state index in [2.05, 4.69) is 15.7 Å². The van der Waals surface area contributed by atoms with Crippen LogP contribution in [-0.2, 0) is 12.7 Å². The van der Waals surface area contributed by atoms with Gasteiger partial charge in [-0.3, -0.25) is 4.68 Å². The molecule has 0 fully saturated rings. The maximum atomic E-state index is 13.1. The molecule has 9 heteroatoms. The first kappa shape index (κ1) is 20.4. The Kier molecular flexibility index (Phi) is 5.58. The van der Waals surface area contributed by atoms with Gasteiger partial charge >= 0.3 is 12.2 Å². The van der Waals surface area contributed by atoms with E-state index in [1.54, 1.807) is 30.7 Å². The average molecular weight is 406 g/mol. The summed E-state index contributed by atoms with van der Waals surface area (Å²) in [6.07, 6.45) is -4.59. The van der Waals surface area contributed by atoms with Crippen molar-refractivity contribution in [3.63, 3.8) is 0 Å². The summed E-state index contributed by atoms with van der Waals surface area (Å²) in [5.74, 6) is -0.347. The SMILES string of the molecule is Cc1nn(Cc2ccc(F)cc2)c(C)c1NC(=O)Nc1ccccc1C(F)(F)F. The van der Waals surface area contributed by atoms with Crippen molar-refractivity contribution in [2.75, 3.05) is 10.6 Å². The molecule has 0 saturated carbocycles. The van der Waals surface area contributed by atoms with Crippen LogP contribution in [-0.4, -0.2) is 15.8 Å². The standard InChI is InChI=1S/C20H18F4N4O/c1-12-18(13(2)28(27-12)11-14-7-9-15(21)10-8-14)26-19(29)25-17-6-4-3-5-16(17)20(22,23)24/h3-10H,11H2,1-2H3,(H2,25,26,29). The monoisotopic (exact) mass is 406 g/mol. The van der Waals surface area contributed by atoms with Gasteiger partial charge in [-0.1, -0.05) is 24.3 Å². The molecule has 0 saturated heterocycles. The van der Waals surface area contributed by atoms with E-state index >= 15 is 0 Å². The van der Waals surface area contributed by atoms with E-state index < -0.39 is 17.8 Å². The van der Waals surface area contributed by atoms with Crippen LogP contribution in [0, 0.1) is 19.7 Å². The quantitative estimate of drug-likeness (QED) is 0.574. The summed E-state index contributed by atoms with van der Waals surface area (Å²) in [6, 6.07) is 9.85. The van der Waals surface area contributed by atoms with Gasteiger partial charge in [0.1, 0.15) is 5.82 Å². The third-order valence-electron chi connectivity index (χ3n) is 4.35. The molecule has 0 radical (unpaired) electrons. The van der Waals surface area contributed by atoms with E-state index in [1.165, 1.54) is 30.3 Å². The summed E-state index contributed by atoms with van der Waals surface area (Å²) < 4.78 is 53.9. The molecule has 2 aromatic carbocycles. The molecule has 0 aliphatic heterocycles. The number of carbonyl (C=O) groups excluding carboxylic acids is 1. The molecule has 152 valence electrons. The molecule has 0 unspecified atom stereocenters. The second-order valence-electron chi connectivity index (χ2n) is 6.45. The molecule has 0 aliphatic carbocycles. The summed E-state index contributed by atoms with van der Waals surface area (Å²) in [4.78, 5) is 12.3. The number of aromatic nitrogens is 2. The van der Waals surface area contributed by atoms with Gasteiger partial charge in [-0.25, -0.2) is 9.18 Å². The van der Waals surface area contributed by atoms with Gasteiger partial charge in [0.05, 0.1) is 34.9 Å². The number of nitrogens with one attached hydrogen (secondary N) is 2. The lowest BCUT2D eigenvalue weighted by atomic mass is 10.1. The van der Waals surface area contributed by atoms with Gasteiger partial charge in [0.15, 0.2) is 0 Å². The molecule has 2 N–H and O–H groups in total. The highest BCUT2D eigenvalue weighted by atomic mass is 19.4. The molecule has 5 nitrogen and oxygen atoms in total. The number of aryl methyl sites for hydroxylation is 1. The average Bonchev–Trinajstić information content (AvgIpc) is 2.90. The van der Waals surface area contributed by atoms with Crippen molar-refractivity contribution in [2.45, 2.75) is 26.6 Å². The Labute approximate surface area is 164 Å². The van der Waals surface area contributed by atoms with Crippen LogP contribution in [0.25, 0.3) is 0 Å². The molecule has 0 spiro atoms. The smallest absolute Gasteiger partial charge is 0.307 e. The summed E-state index contributed by atoms with van der Waals surface area (Å²) in [6.45, 7) is 3.75. The van der Waals surface area contributed by atoms with Crippen molar-refractivity contribution < 1.29 is 22.4 Å². The maximum absolute atomic E-state index is 13.1. The van der Waals surface area contributed by atoms with Gasteiger partial charge in [0.2, 0.25) is 0 Å². The first-order valence-electron chi connectivity index (χ1n) is 8.68. The first-order valence-corrected chi connectivity index (χ1v) is 8.68. The van der Waals surface area contributed by atoms with E-state index in [-0.39, 0.29) is 11.5 Å². The molecule has 3 rings (SSSR count). The van der Waals surface area contributed by atoms with Gasteiger partial charge in [-0.05, 0) is 43.7 Å². The number of carbonyl (C=O) groups is 1. The number of urea groups is 1. The van der Waals surface area contributed by atoms with Gasteiger partial charge in [0, 0.05) is 0 Å². The van der Waals surface area contributed by atoms with Gasteiger partial charge in [-0.15, -0.1) is 0 Å². The van der Waals surface area contributed by atoms with Crippen LogP contribution in [0.1, 0.15) is 22.5 Å². The fourth-order valence-electron chi connectivity index (χ4n) is 2.90. The molecule has 3 aromatic rings. The highest BCUT2D eigenvalue weighted by Crippen LogP contribution is 2.34. The highest BCUT2D eigenvalue weighted by molar-refractivity contribution is 6.01. The Hall–Kier alpha value is -3.36. The minimum absolute atomic E-state index is 0.341. The lowest BCUT2D eigenvalue weighted by Crippen LogP contribution is -2.22. The van der Waals surface area contributed by atoms with E-state index in [9.17, 15) is 22.4 Å². The normalized spacial score (nSPS) is 11.4. The van der Waals surface area contributed by atoms with Gasteiger partial charge < -0.3 is 10.6 Å². The lowest BCUT2D eigenvalue weighted by Gasteiger charge is -2.14. The second-order valence-corrected chi connectivity index (χ2v) is 6.45. The van der Waals surface area contributed by atoms with Crippen molar-refractivity contribution >= 4 is 17.4 Å². The summed E-state index contributed by atoms with van der Waals surface area (Å²) in [7, 11) is 0. The zero-order valence-corrected chi connectivity index (χ0v) is 15.6. The third-order valence-corrected chi connectivity index (χ3v) is 4.35. The van der Waals surface area contributed by atoms with E-state index in [1.807, 2.05) is 0 Å². The Balaban J connectivity index is 1.76. The van der Waals surface area contributed by atoms with Crippen molar-refractivity contribution in [3.8, 4) is 0 Å². The fraction of sp³-hybridized carbons (Fsp3) is 0.200. The number of halogens is 4. The fourth-order valence-corrected chi connectivity index (χ4v) is 2.90. The number of alkyl halides is 3. The summed E-state index contributed by atoms with van der Waals surface area (Å²) in [5, 5.41) is 9.14. The molecular formula is C20H18F4N4O. The minimum Gasteiger partial charge on any atom is -0.307 e. The largest absolute Gasteiger partial charge is 0.418 e. The summed E-state index contributed by atoms with van der Waals surface area (Å²) >= 11 is 0. The number of anilines is 2. The Morgan fingerprint density at radius 2 is 1.69 bits per heavy atom. The first-order chi connectivity index (χ1) is 13.6. The van der Waals surface area contributed by atoms with E-state index in [0.29, 0.717) is 23.6 Å². The maximum Gasteiger partial charge on any atom is 0.418 e. The Morgan fingerprint density at radius 3 is 2.34 bits per heavy atom. The highest BCUT2D eigenvalue weighted by Gasteiger charge is 2.33. The molecular weight excluding hydrogens is 388 g/mol. The second kappa shape index (κ2) is 7.94. The Bertz CT molecular complexity index is 1030. The molecule has 0 atom stereocenters. The number of nitrogens with zero attached hydrogens (tertiary/aromatic N) is 2. The summed E-state index contributed by atoms with van der Waals surface area (Å²) in [5.41, 5.74) is 1.05. The third kappa shape index (κ3) is 4.74. The number of hydrogen-bond donors (Lipinski definition) is 2. The number of hydrogen-bond acceptors (Lipinski definition) is 2. The van der Waals surface area contributed by atoms with Crippen molar-refractivity contribution in [1.29, 1.82) is 0 Å². The van der Waals surface area contributed by atoms with E-state index in [0.717, 1.165) is 11.6 Å². The van der Waals surface area contributed by atoms with Crippen LogP contribution < -0.4 is 10.6 Å². The number of para-hydroxylation sites is 1. The molecule has 0 aliphatic rings. The van der Waals surface area contributed by atoms with Crippen molar-refractivity contribution in [1.82, 2.24) is 9.78 Å². The molecule has 2 amide bonds. The van der Waals surface area contributed by atoms with Crippen molar-refractivity contribution in [2.24, 2.45) is 0 Å². The Morgan fingerprint density at radius 1 is 1.03 bits per heavy atom. The zero-order chi connectivity index (χ0) is 21.2. The predicted octanol–water partition coefficient (Wildman–Crippen LogP) is 5.35. The number of amides is 2. The van der Waals surface area contributed by atoms with Crippen LogP contribution in [0.4, 0.5) is 33.7 Å².